The van der Waals surface area contributed by atoms with E-state index in [1.54, 1.807) is 12.1 Å². The van der Waals surface area contributed by atoms with Gasteiger partial charge in [0, 0.05) is 22.3 Å². The van der Waals surface area contributed by atoms with E-state index in [-0.39, 0.29) is 6.42 Å². The lowest BCUT2D eigenvalue weighted by Gasteiger charge is -2.24. The van der Waals surface area contributed by atoms with E-state index in [1.165, 1.54) is 6.21 Å². The molecule has 0 unspecified atom stereocenters. The second-order valence-electron chi connectivity index (χ2n) is 6.90. The lowest BCUT2D eigenvalue weighted by atomic mass is 10.2. The maximum absolute atomic E-state index is 12.0. The van der Waals surface area contributed by atoms with Crippen LogP contribution in [-0.2, 0) is 9.59 Å². The third-order valence-electron chi connectivity index (χ3n) is 4.36. The molecular weight excluding hydrogens is 519 g/mol. The average molecular weight is 542 g/mol. The molecule has 0 saturated heterocycles. The fourth-order valence-electron chi connectivity index (χ4n) is 2.79. The predicted octanol–water partition coefficient (Wildman–Crippen LogP) is 3.71. The van der Waals surface area contributed by atoms with Crippen molar-refractivity contribution in [3.63, 3.8) is 0 Å². The van der Waals surface area contributed by atoms with Crippen LogP contribution in [0, 0.1) is 33.2 Å². The Morgan fingerprint density at radius 3 is 2.31 bits per heavy atom. The summed E-state index contributed by atoms with van der Waals surface area (Å²) in [4.78, 5) is 25.9. The second kappa shape index (κ2) is 13.1. The van der Waals surface area contributed by atoms with Gasteiger partial charge in [-0.3, -0.25) is 9.59 Å². The van der Waals surface area contributed by atoms with Crippen LogP contribution < -0.4 is 15.6 Å². The summed E-state index contributed by atoms with van der Waals surface area (Å²) < 4.78 is 0.936. The minimum absolute atomic E-state index is 0.339. The highest BCUT2D eigenvalue weighted by molar-refractivity contribution is 14.1. The van der Waals surface area contributed by atoms with Crippen LogP contribution in [0.3, 0.4) is 0 Å². The fraction of sp³-hybridized carbons (Fsp3) is 0.261. The molecule has 0 bridgehead atoms. The van der Waals surface area contributed by atoms with Crippen LogP contribution in [0.25, 0.3) is 0 Å². The van der Waals surface area contributed by atoms with Gasteiger partial charge >= 0.3 is 0 Å². The molecule has 2 amide bonds. The number of nitriles is 2. The molecule has 0 spiro atoms. The van der Waals surface area contributed by atoms with Gasteiger partial charge in [-0.25, -0.2) is 5.43 Å². The molecule has 0 fully saturated rings. The molecule has 0 atom stereocenters. The van der Waals surface area contributed by atoms with Crippen LogP contribution >= 0.6 is 22.6 Å². The predicted molar refractivity (Wildman–Crippen MR) is 132 cm³/mol. The van der Waals surface area contributed by atoms with Gasteiger partial charge in [0.25, 0.3) is 0 Å². The first-order valence-electron chi connectivity index (χ1n) is 9.89. The molecule has 164 valence electrons. The van der Waals surface area contributed by atoms with Crippen molar-refractivity contribution in [2.75, 3.05) is 23.3 Å². The molecule has 0 aliphatic rings. The Hall–Kier alpha value is -3.44. The van der Waals surface area contributed by atoms with Gasteiger partial charge in [-0.05, 0) is 59.3 Å². The third kappa shape index (κ3) is 8.36. The number of nitrogens with one attached hydrogen (secondary N) is 2. The number of hydrazone groups is 1. The Morgan fingerprint density at radius 1 is 1.06 bits per heavy atom. The number of carbonyl (C=O) groups is 2. The second-order valence-corrected chi connectivity index (χ2v) is 8.06. The van der Waals surface area contributed by atoms with Crippen LogP contribution in [0.4, 0.5) is 11.4 Å². The van der Waals surface area contributed by atoms with E-state index in [0.717, 1.165) is 20.4 Å². The largest absolute Gasteiger partial charge is 0.369 e. The molecule has 0 aliphatic heterocycles. The average Bonchev–Trinajstić information content (AvgIpc) is 2.76. The van der Waals surface area contributed by atoms with Crippen molar-refractivity contribution in [1.29, 1.82) is 10.5 Å². The van der Waals surface area contributed by atoms with Gasteiger partial charge in [-0.15, -0.1) is 0 Å². The topological polar surface area (TPSA) is 121 Å². The van der Waals surface area contributed by atoms with E-state index >= 15 is 0 Å². The number of rotatable bonds is 10. The summed E-state index contributed by atoms with van der Waals surface area (Å²) in [6.45, 7) is 3.04. The summed E-state index contributed by atoms with van der Waals surface area (Å²) in [5.41, 5.74) is 5.76. The zero-order chi connectivity index (χ0) is 23.3. The molecule has 2 aromatic carbocycles. The molecular formula is C23H23IN6O2. The molecule has 8 nitrogen and oxygen atoms in total. The Labute approximate surface area is 201 Å². The summed E-state index contributed by atoms with van der Waals surface area (Å²) in [6, 6.07) is 17.2. The summed E-state index contributed by atoms with van der Waals surface area (Å²) in [5, 5.41) is 24.3. The van der Waals surface area contributed by atoms with E-state index in [0.29, 0.717) is 31.6 Å². The number of hydrogen-bond acceptors (Lipinski definition) is 6. The lowest BCUT2D eigenvalue weighted by Crippen LogP contribution is -2.26. The van der Waals surface area contributed by atoms with Gasteiger partial charge in [0.1, 0.15) is 6.42 Å². The number of benzene rings is 2. The first-order valence-corrected chi connectivity index (χ1v) is 11.0. The van der Waals surface area contributed by atoms with Gasteiger partial charge < -0.3 is 10.2 Å². The minimum atomic E-state index is -0.517. The van der Waals surface area contributed by atoms with Gasteiger partial charge in [0.2, 0.25) is 11.8 Å². The Kier molecular flexibility index (Phi) is 10.1. The molecule has 2 aromatic rings. The minimum Gasteiger partial charge on any atom is -0.369 e. The summed E-state index contributed by atoms with van der Waals surface area (Å²) in [6.07, 6.45) is 1.90. The number of halogens is 1. The van der Waals surface area contributed by atoms with Crippen molar-refractivity contribution >= 4 is 52.0 Å². The summed E-state index contributed by atoms with van der Waals surface area (Å²) in [5.74, 6) is -0.938. The standard InChI is InChI=1S/C23H23IN6O2/c1-17-4-7-19(8-5-17)28-22(31)15-23(32)29-27-16-18-6-9-21(20(24)14-18)30(12-2-10-25)13-3-11-26/h4-9,14,16H,2-3,12-13,15H2,1H3,(H,28,31)(H,29,32)/b27-16+. The maximum atomic E-state index is 12.0. The molecule has 0 saturated carbocycles. The molecule has 32 heavy (non-hydrogen) atoms. The molecule has 0 radical (unpaired) electrons. The van der Waals surface area contributed by atoms with E-state index in [4.69, 9.17) is 10.5 Å². The van der Waals surface area contributed by atoms with Gasteiger partial charge in [-0.1, -0.05) is 23.8 Å². The highest BCUT2D eigenvalue weighted by Gasteiger charge is 2.11. The molecule has 0 aromatic heterocycles. The highest BCUT2D eigenvalue weighted by atomic mass is 127. The third-order valence-corrected chi connectivity index (χ3v) is 5.22. The van der Waals surface area contributed by atoms with Crippen LogP contribution in [0.2, 0.25) is 0 Å². The van der Waals surface area contributed by atoms with E-state index in [1.807, 2.05) is 42.2 Å². The molecule has 2 N–H and O–H groups in total. The number of hydrogen-bond donors (Lipinski definition) is 2. The van der Waals surface area contributed by atoms with E-state index in [9.17, 15) is 9.59 Å². The van der Waals surface area contributed by atoms with Crippen LogP contribution in [0.15, 0.2) is 47.6 Å². The van der Waals surface area contributed by atoms with Crippen molar-refractivity contribution < 1.29 is 9.59 Å². The number of anilines is 2. The maximum Gasteiger partial charge on any atom is 0.249 e. The molecule has 0 aliphatic carbocycles. The molecule has 2 rings (SSSR count). The van der Waals surface area contributed by atoms with Crippen LogP contribution in [0.5, 0.6) is 0 Å². The van der Waals surface area contributed by atoms with Crippen molar-refractivity contribution in [2.24, 2.45) is 5.10 Å². The zero-order valence-corrected chi connectivity index (χ0v) is 19.8. The van der Waals surface area contributed by atoms with Crippen molar-refractivity contribution in [3.8, 4) is 12.1 Å². The fourth-order valence-corrected chi connectivity index (χ4v) is 3.67. The number of amides is 2. The quantitative estimate of drug-likeness (QED) is 0.205. The van der Waals surface area contributed by atoms with Crippen LogP contribution in [0.1, 0.15) is 30.4 Å². The Bertz CT molecular complexity index is 1040. The smallest absolute Gasteiger partial charge is 0.249 e. The van der Waals surface area contributed by atoms with Gasteiger partial charge in [-0.2, -0.15) is 15.6 Å². The van der Waals surface area contributed by atoms with Crippen LogP contribution in [-0.4, -0.2) is 31.1 Å². The SMILES string of the molecule is Cc1ccc(NC(=O)CC(=O)N/N=C/c2ccc(N(CCC#N)CCC#N)c(I)c2)cc1. The monoisotopic (exact) mass is 542 g/mol. The van der Waals surface area contributed by atoms with Gasteiger partial charge in [0.05, 0.1) is 36.9 Å². The molecule has 9 heteroatoms. The highest BCUT2D eigenvalue weighted by Crippen LogP contribution is 2.24. The normalized spacial score (nSPS) is 10.2. The molecule has 0 heterocycles. The Balaban J connectivity index is 1.90. The van der Waals surface area contributed by atoms with Crippen molar-refractivity contribution in [2.45, 2.75) is 26.2 Å². The Morgan fingerprint density at radius 2 is 1.72 bits per heavy atom. The van der Waals surface area contributed by atoms with Gasteiger partial charge in [0.15, 0.2) is 0 Å². The first-order chi connectivity index (χ1) is 15.4. The van der Waals surface area contributed by atoms with Crippen molar-refractivity contribution in [3.05, 3.63) is 57.2 Å². The first kappa shape index (κ1) is 24.8. The lowest BCUT2D eigenvalue weighted by molar-refractivity contribution is -0.126. The number of carbonyl (C=O) groups excluding carboxylic acids is 2. The number of nitrogens with zero attached hydrogens (tertiary/aromatic N) is 4. The van der Waals surface area contributed by atoms with Crippen molar-refractivity contribution in [1.82, 2.24) is 5.43 Å². The van der Waals surface area contributed by atoms with E-state index < -0.39 is 11.8 Å². The summed E-state index contributed by atoms with van der Waals surface area (Å²) in [7, 11) is 0. The van der Waals surface area contributed by atoms with E-state index in [2.05, 4.69) is 50.6 Å². The summed E-state index contributed by atoms with van der Waals surface area (Å²) >= 11 is 2.19. The zero-order valence-electron chi connectivity index (χ0n) is 17.6. The number of aryl methyl sites for hydroxylation is 1.